The van der Waals surface area contributed by atoms with Gasteiger partial charge in [0.15, 0.2) is 0 Å². The molecule has 0 saturated carbocycles. The molecular formula is C14H16N4O6. The maximum Gasteiger partial charge on any atom is 0.330 e. The van der Waals surface area contributed by atoms with Gasteiger partial charge in [0.25, 0.3) is 11.1 Å². The first kappa shape index (κ1) is 16.1. The molecule has 2 aromatic rings. The number of H-pyrrole nitrogens is 2. The van der Waals surface area contributed by atoms with E-state index >= 15 is 0 Å². The van der Waals surface area contributed by atoms with Crippen molar-refractivity contribution < 1.29 is 9.84 Å². The number of nitrogens with zero attached hydrogens (tertiary/aromatic N) is 2. The molecule has 0 aromatic carbocycles. The van der Waals surface area contributed by atoms with Gasteiger partial charge in [0.05, 0.1) is 12.6 Å². The predicted molar refractivity (Wildman–Crippen MR) is 81.9 cm³/mol. The molecule has 1 saturated heterocycles. The number of aliphatic hydroxyl groups is 1. The van der Waals surface area contributed by atoms with Crippen molar-refractivity contribution in [2.24, 2.45) is 0 Å². The van der Waals surface area contributed by atoms with Crippen LogP contribution in [0.2, 0.25) is 0 Å². The zero-order valence-corrected chi connectivity index (χ0v) is 12.8. The average molecular weight is 336 g/mol. The number of nitrogens with one attached hydrogen (secondary N) is 2. The quantitative estimate of drug-likeness (QED) is 0.595. The van der Waals surface area contributed by atoms with Crippen LogP contribution in [0.15, 0.2) is 37.6 Å². The molecule has 128 valence electrons. The Hall–Kier alpha value is -2.72. The second-order valence-electron chi connectivity index (χ2n) is 5.67. The van der Waals surface area contributed by atoms with Gasteiger partial charge in [-0.25, -0.2) is 9.59 Å². The summed E-state index contributed by atoms with van der Waals surface area (Å²) >= 11 is 0. The van der Waals surface area contributed by atoms with Gasteiger partial charge in [-0.2, -0.15) is 0 Å². The van der Waals surface area contributed by atoms with E-state index in [2.05, 4.69) is 9.97 Å². The summed E-state index contributed by atoms with van der Waals surface area (Å²) in [5.74, 6) is 0. The molecule has 0 amide bonds. The molecule has 0 radical (unpaired) electrons. The minimum absolute atomic E-state index is 0.0201. The van der Waals surface area contributed by atoms with Crippen LogP contribution in [0.1, 0.15) is 18.2 Å². The lowest BCUT2D eigenvalue weighted by molar-refractivity contribution is -0.0290. The lowest BCUT2D eigenvalue weighted by atomic mass is 10.2. The average Bonchev–Trinajstić information content (AvgIpc) is 2.85. The molecule has 3 N–H and O–H groups in total. The van der Waals surface area contributed by atoms with Gasteiger partial charge in [0, 0.05) is 30.4 Å². The van der Waals surface area contributed by atoms with E-state index in [-0.39, 0.29) is 13.0 Å². The zero-order valence-electron chi connectivity index (χ0n) is 12.8. The van der Waals surface area contributed by atoms with Crippen molar-refractivity contribution in [2.75, 3.05) is 0 Å². The second kappa shape index (κ2) is 6.06. The normalized spacial score (nSPS) is 23.5. The maximum absolute atomic E-state index is 11.8. The Labute approximate surface area is 134 Å². The Bertz CT molecular complexity index is 984. The van der Waals surface area contributed by atoms with Crippen molar-refractivity contribution in [1.29, 1.82) is 0 Å². The highest BCUT2D eigenvalue weighted by molar-refractivity contribution is 5.01. The third kappa shape index (κ3) is 3.01. The molecule has 3 heterocycles. The van der Waals surface area contributed by atoms with Crippen molar-refractivity contribution in [3.05, 3.63) is 65.7 Å². The Morgan fingerprint density at radius 2 is 2.00 bits per heavy atom. The molecule has 3 atom stereocenters. The number of aryl methyl sites for hydroxylation is 1. The number of ether oxygens (including phenoxy) is 1. The predicted octanol–water partition coefficient (Wildman–Crippen LogP) is -1.96. The summed E-state index contributed by atoms with van der Waals surface area (Å²) in [4.78, 5) is 50.4. The lowest BCUT2D eigenvalue weighted by Crippen LogP contribution is -2.36. The number of hydrogen-bond donors (Lipinski definition) is 3. The first-order valence-corrected chi connectivity index (χ1v) is 7.30. The van der Waals surface area contributed by atoms with Crippen LogP contribution in [-0.4, -0.2) is 36.4 Å². The Morgan fingerprint density at radius 3 is 2.71 bits per heavy atom. The summed E-state index contributed by atoms with van der Waals surface area (Å²) in [5.41, 5.74) is -1.89. The largest absolute Gasteiger partial charge is 0.390 e. The molecule has 0 aliphatic carbocycles. The smallest absolute Gasteiger partial charge is 0.330 e. The van der Waals surface area contributed by atoms with E-state index in [4.69, 9.17) is 4.74 Å². The molecule has 10 nitrogen and oxygen atoms in total. The Morgan fingerprint density at radius 1 is 1.25 bits per heavy atom. The molecule has 24 heavy (non-hydrogen) atoms. The third-order valence-corrected chi connectivity index (χ3v) is 3.93. The summed E-state index contributed by atoms with van der Waals surface area (Å²) < 4.78 is 8.06. The molecule has 0 spiro atoms. The summed E-state index contributed by atoms with van der Waals surface area (Å²) in [6.45, 7) is 1.58. The molecule has 1 aliphatic rings. The van der Waals surface area contributed by atoms with Gasteiger partial charge in [0.2, 0.25) is 0 Å². The summed E-state index contributed by atoms with van der Waals surface area (Å²) in [6, 6.07) is 1.18. The van der Waals surface area contributed by atoms with Crippen LogP contribution < -0.4 is 22.5 Å². The van der Waals surface area contributed by atoms with Gasteiger partial charge in [-0.05, 0) is 6.92 Å². The molecule has 0 unspecified atom stereocenters. The fraction of sp³-hybridized carbons (Fsp3) is 0.429. The zero-order chi connectivity index (χ0) is 17.4. The standard InChI is InChI=1S/C14H16N4O6/c1-7-5-17(13(22)16-12(7)21)6-9-8(19)4-11(24-9)18-3-2-10(20)15-14(18)23/h2-3,5,8-9,11,19H,4,6H2,1H3,(H,15,20,23)(H,16,21,22)/t8-,9+,11+/m0/s1. The summed E-state index contributed by atoms with van der Waals surface area (Å²) in [6.07, 6.45) is 0.403. The van der Waals surface area contributed by atoms with E-state index in [0.717, 1.165) is 0 Å². The molecule has 10 heteroatoms. The van der Waals surface area contributed by atoms with Crippen molar-refractivity contribution in [3.8, 4) is 0 Å². The fourth-order valence-corrected chi connectivity index (χ4v) is 2.65. The summed E-state index contributed by atoms with van der Waals surface area (Å²) in [5, 5.41) is 10.1. The minimum Gasteiger partial charge on any atom is -0.390 e. The minimum atomic E-state index is -0.909. The van der Waals surface area contributed by atoms with Crippen LogP contribution in [0.25, 0.3) is 0 Å². The van der Waals surface area contributed by atoms with E-state index in [1.807, 2.05) is 0 Å². The van der Waals surface area contributed by atoms with Crippen molar-refractivity contribution >= 4 is 0 Å². The van der Waals surface area contributed by atoms with Crippen molar-refractivity contribution in [3.63, 3.8) is 0 Å². The molecule has 0 bridgehead atoms. The maximum atomic E-state index is 11.8. The highest BCUT2D eigenvalue weighted by Crippen LogP contribution is 2.28. The van der Waals surface area contributed by atoms with Crippen LogP contribution in [0.3, 0.4) is 0 Å². The third-order valence-electron chi connectivity index (χ3n) is 3.93. The fourth-order valence-electron chi connectivity index (χ4n) is 2.65. The second-order valence-corrected chi connectivity index (χ2v) is 5.67. The molecular weight excluding hydrogens is 320 g/mol. The number of aliphatic hydroxyl groups excluding tert-OH is 1. The lowest BCUT2D eigenvalue weighted by Gasteiger charge is -2.17. The highest BCUT2D eigenvalue weighted by atomic mass is 16.5. The van der Waals surface area contributed by atoms with E-state index in [9.17, 15) is 24.3 Å². The van der Waals surface area contributed by atoms with E-state index in [1.54, 1.807) is 6.92 Å². The van der Waals surface area contributed by atoms with Gasteiger partial charge >= 0.3 is 11.4 Å². The van der Waals surface area contributed by atoms with Gasteiger partial charge in [-0.15, -0.1) is 0 Å². The monoisotopic (exact) mass is 336 g/mol. The molecule has 1 aliphatic heterocycles. The highest BCUT2D eigenvalue weighted by Gasteiger charge is 2.35. The van der Waals surface area contributed by atoms with E-state index in [1.165, 1.54) is 27.6 Å². The van der Waals surface area contributed by atoms with Crippen LogP contribution >= 0.6 is 0 Å². The van der Waals surface area contributed by atoms with Gasteiger partial charge in [-0.3, -0.25) is 28.7 Å². The number of rotatable bonds is 3. The first-order chi connectivity index (χ1) is 11.3. The van der Waals surface area contributed by atoms with Crippen LogP contribution in [-0.2, 0) is 11.3 Å². The van der Waals surface area contributed by atoms with Gasteiger partial charge < -0.3 is 9.84 Å². The Kier molecular flexibility index (Phi) is 4.08. The van der Waals surface area contributed by atoms with Crippen LogP contribution in [0.5, 0.6) is 0 Å². The molecule has 2 aromatic heterocycles. The van der Waals surface area contributed by atoms with Crippen molar-refractivity contribution in [1.82, 2.24) is 19.1 Å². The number of aromatic amines is 2. The van der Waals surface area contributed by atoms with Crippen LogP contribution in [0.4, 0.5) is 0 Å². The van der Waals surface area contributed by atoms with Gasteiger partial charge in [-0.1, -0.05) is 0 Å². The van der Waals surface area contributed by atoms with E-state index < -0.39 is 40.9 Å². The number of aromatic nitrogens is 4. The van der Waals surface area contributed by atoms with E-state index in [0.29, 0.717) is 5.56 Å². The topological polar surface area (TPSA) is 139 Å². The summed E-state index contributed by atoms with van der Waals surface area (Å²) in [7, 11) is 0. The van der Waals surface area contributed by atoms with Crippen molar-refractivity contribution in [2.45, 2.75) is 38.3 Å². The van der Waals surface area contributed by atoms with Crippen LogP contribution in [0, 0.1) is 6.92 Å². The SMILES string of the molecule is Cc1cn(C[C@H]2O[C@@H](n3ccc(=O)[nH]c3=O)C[C@@H]2O)c(=O)[nH]c1=O. The van der Waals surface area contributed by atoms with Gasteiger partial charge in [0.1, 0.15) is 12.3 Å². The Balaban J connectivity index is 1.83. The number of hydrogen-bond acceptors (Lipinski definition) is 6. The molecule has 3 rings (SSSR count). The first-order valence-electron chi connectivity index (χ1n) is 7.30. The molecule has 1 fully saturated rings.